The minimum Gasteiger partial charge on any atom is -0.494 e. The van der Waals surface area contributed by atoms with Gasteiger partial charge in [0.1, 0.15) is 17.5 Å². The van der Waals surface area contributed by atoms with Crippen LogP contribution >= 0.6 is 0 Å². The van der Waals surface area contributed by atoms with Crippen molar-refractivity contribution in [2.45, 2.75) is 70.7 Å². The van der Waals surface area contributed by atoms with E-state index in [4.69, 9.17) is 33.8 Å². The first-order valence-electron chi connectivity index (χ1n) is 13.6. The van der Waals surface area contributed by atoms with Crippen LogP contribution in [0.1, 0.15) is 58.1 Å². The van der Waals surface area contributed by atoms with Crippen molar-refractivity contribution in [3.8, 4) is 17.2 Å². The van der Waals surface area contributed by atoms with Crippen LogP contribution in [0.25, 0.3) is 0 Å². The molecule has 41 heavy (non-hydrogen) atoms. The summed E-state index contributed by atoms with van der Waals surface area (Å²) in [6, 6.07) is 12.6. The van der Waals surface area contributed by atoms with Gasteiger partial charge in [-0.05, 0) is 76.1 Å². The van der Waals surface area contributed by atoms with Gasteiger partial charge in [-0.25, -0.2) is 10.4 Å². The molecule has 1 aliphatic heterocycles. The lowest BCUT2D eigenvalue weighted by Crippen LogP contribution is -2.54. The molecule has 0 bridgehead atoms. The molecule has 0 saturated carbocycles. The van der Waals surface area contributed by atoms with E-state index in [1.165, 1.54) is 0 Å². The molecule has 0 saturated heterocycles. The molecule has 3 rings (SSSR count). The largest absolute Gasteiger partial charge is 0.494 e. The zero-order valence-corrected chi connectivity index (χ0v) is 24.6. The minimum absolute atomic E-state index is 0.0253. The number of methoxy groups -OCH3 is 2. The summed E-state index contributed by atoms with van der Waals surface area (Å²) in [5.74, 6) is 1.24. The van der Waals surface area contributed by atoms with Gasteiger partial charge in [0.2, 0.25) is 5.90 Å². The van der Waals surface area contributed by atoms with Crippen molar-refractivity contribution >= 4 is 17.8 Å². The maximum atomic E-state index is 13.7. The molecule has 0 unspecified atom stereocenters. The van der Waals surface area contributed by atoms with Crippen LogP contribution in [-0.4, -0.2) is 67.6 Å². The average Bonchev–Trinajstić information content (AvgIpc) is 3.28. The number of aliphatic imine (C=N–C) groups is 1. The zero-order valence-electron chi connectivity index (χ0n) is 24.6. The number of carbonyl (C=O) groups is 2. The highest BCUT2D eigenvalue weighted by Crippen LogP contribution is 2.34. The van der Waals surface area contributed by atoms with Crippen molar-refractivity contribution in [3.05, 3.63) is 53.6 Å². The Labute approximate surface area is 241 Å². The molecule has 224 valence electrons. The van der Waals surface area contributed by atoms with Crippen molar-refractivity contribution in [2.24, 2.45) is 4.99 Å². The Kier molecular flexibility index (Phi) is 11.0. The molecule has 0 fully saturated rings. The van der Waals surface area contributed by atoms with E-state index in [2.05, 4.69) is 10.9 Å². The molecular formula is C30H41N3O8. The summed E-state index contributed by atoms with van der Waals surface area (Å²) in [6.07, 6.45) is -0.0746. The Bertz CT molecular complexity index is 1210. The zero-order chi connectivity index (χ0) is 30.0. The number of nitrogens with one attached hydrogen (secondary N) is 2. The summed E-state index contributed by atoms with van der Waals surface area (Å²) in [6.45, 7) is 7.89. The Morgan fingerprint density at radius 3 is 2.41 bits per heavy atom. The van der Waals surface area contributed by atoms with Crippen LogP contribution in [0.4, 0.5) is 0 Å². The van der Waals surface area contributed by atoms with Crippen LogP contribution in [0, 0.1) is 0 Å². The van der Waals surface area contributed by atoms with E-state index in [9.17, 15) is 9.59 Å². The number of hydrazine groups is 1. The number of amides is 1. The number of ether oxygens (including phenoxy) is 5. The van der Waals surface area contributed by atoms with Gasteiger partial charge in [0.05, 0.1) is 20.8 Å². The molecule has 0 radical (unpaired) electrons. The molecule has 2 aromatic rings. The minimum atomic E-state index is -1.38. The Balaban J connectivity index is 1.78. The molecule has 1 aliphatic rings. The van der Waals surface area contributed by atoms with Crippen molar-refractivity contribution < 1.29 is 38.4 Å². The third kappa shape index (κ3) is 8.58. The molecule has 11 nitrogen and oxygen atoms in total. The predicted molar refractivity (Wildman–Crippen MR) is 153 cm³/mol. The standard InChI is InChI=1S/C30H41N3O8/c1-20-30(15-14-26(35)41-29(2,3)4,28(36)33-31-19-21-8-13-24(37-5)25(18-21)38-6)32-27(40-20)22-9-11-23(12-10-22)39-17-7-16-34/h8-13,18,20,31,34H,7,14-17,19H2,1-6H3,(H,33,36)/t20-,30-/m0/s1. The fourth-order valence-corrected chi connectivity index (χ4v) is 4.26. The number of nitrogens with zero attached hydrogens (tertiary/aromatic N) is 1. The summed E-state index contributed by atoms with van der Waals surface area (Å²) in [4.78, 5) is 31.0. The van der Waals surface area contributed by atoms with E-state index in [-0.39, 0.29) is 19.4 Å². The molecule has 2 atom stereocenters. The Morgan fingerprint density at radius 2 is 1.78 bits per heavy atom. The van der Waals surface area contributed by atoms with Crippen LogP contribution in [0.15, 0.2) is 47.5 Å². The highest BCUT2D eigenvalue weighted by atomic mass is 16.6. The van der Waals surface area contributed by atoms with Gasteiger partial charge in [0.15, 0.2) is 17.0 Å². The lowest BCUT2D eigenvalue weighted by Gasteiger charge is -2.28. The van der Waals surface area contributed by atoms with Crippen molar-refractivity contribution in [3.63, 3.8) is 0 Å². The first-order chi connectivity index (χ1) is 19.5. The number of hydrogen-bond donors (Lipinski definition) is 3. The van der Waals surface area contributed by atoms with Crippen LogP contribution in [0.5, 0.6) is 17.2 Å². The van der Waals surface area contributed by atoms with Crippen LogP contribution in [0.3, 0.4) is 0 Å². The molecule has 0 aliphatic carbocycles. The summed E-state index contributed by atoms with van der Waals surface area (Å²) < 4.78 is 27.8. The van der Waals surface area contributed by atoms with E-state index in [0.29, 0.717) is 48.3 Å². The third-order valence-electron chi connectivity index (χ3n) is 6.40. The van der Waals surface area contributed by atoms with Gasteiger partial charge in [-0.2, -0.15) is 0 Å². The monoisotopic (exact) mass is 571 g/mol. The quantitative estimate of drug-likeness (QED) is 0.177. The normalized spacial score (nSPS) is 18.2. The van der Waals surface area contributed by atoms with E-state index in [1.54, 1.807) is 72.2 Å². The maximum Gasteiger partial charge on any atom is 0.306 e. The summed E-state index contributed by atoms with van der Waals surface area (Å²) >= 11 is 0. The van der Waals surface area contributed by atoms with Crippen LogP contribution in [0.2, 0.25) is 0 Å². The smallest absolute Gasteiger partial charge is 0.306 e. The molecular weight excluding hydrogens is 530 g/mol. The van der Waals surface area contributed by atoms with Gasteiger partial charge in [-0.1, -0.05) is 6.07 Å². The highest BCUT2D eigenvalue weighted by molar-refractivity contribution is 6.00. The fourth-order valence-electron chi connectivity index (χ4n) is 4.26. The van der Waals surface area contributed by atoms with E-state index < -0.39 is 29.1 Å². The van der Waals surface area contributed by atoms with Gasteiger partial charge < -0.3 is 28.8 Å². The second kappa shape index (κ2) is 14.2. The first kappa shape index (κ1) is 31.7. The fraction of sp³-hybridized carbons (Fsp3) is 0.500. The van der Waals surface area contributed by atoms with E-state index in [1.807, 2.05) is 12.1 Å². The lowest BCUT2D eigenvalue weighted by molar-refractivity contribution is -0.155. The summed E-state index contributed by atoms with van der Waals surface area (Å²) in [7, 11) is 3.12. The van der Waals surface area contributed by atoms with Crippen LogP contribution < -0.4 is 25.1 Å². The second-order valence-corrected chi connectivity index (χ2v) is 10.6. The molecule has 3 N–H and O–H groups in total. The summed E-state index contributed by atoms with van der Waals surface area (Å²) in [5, 5.41) is 8.95. The molecule has 1 heterocycles. The number of hydrogen-bond acceptors (Lipinski definition) is 10. The topological polar surface area (TPSA) is 137 Å². The van der Waals surface area contributed by atoms with Gasteiger partial charge in [-0.15, -0.1) is 0 Å². The number of aliphatic hydroxyl groups is 1. The summed E-state index contributed by atoms with van der Waals surface area (Å²) in [5.41, 5.74) is 5.19. The predicted octanol–water partition coefficient (Wildman–Crippen LogP) is 3.31. The van der Waals surface area contributed by atoms with E-state index in [0.717, 1.165) is 5.56 Å². The first-order valence-corrected chi connectivity index (χ1v) is 13.6. The number of benzene rings is 2. The molecule has 0 aromatic heterocycles. The van der Waals surface area contributed by atoms with Gasteiger partial charge in [-0.3, -0.25) is 15.0 Å². The number of rotatable bonds is 14. The second-order valence-electron chi connectivity index (χ2n) is 10.6. The molecule has 1 amide bonds. The van der Waals surface area contributed by atoms with E-state index >= 15 is 0 Å². The number of aliphatic hydroxyl groups excluding tert-OH is 1. The van der Waals surface area contributed by atoms with Crippen molar-refractivity contribution in [2.75, 3.05) is 27.4 Å². The van der Waals surface area contributed by atoms with Crippen molar-refractivity contribution in [1.82, 2.24) is 10.9 Å². The van der Waals surface area contributed by atoms with Gasteiger partial charge in [0.25, 0.3) is 5.91 Å². The highest BCUT2D eigenvalue weighted by Gasteiger charge is 2.50. The Hall–Kier alpha value is -3.83. The molecule has 11 heteroatoms. The lowest BCUT2D eigenvalue weighted by atomic mass is 9.88. The van der Waals surface area contributed by atoms with Gasteiger partial charge in [0, 0.05) is 31.6 Å². The number of esters is 1. The SMILES string of the molecule is COc1ccc(CNNC(=O)[C@@]2(CCC(=O)OC(C)(C)C)N=C(c3ccc(OCCCO)cc3)O[C@H]2C)cc1OC. The van der Waals surface area contributed by atoms with Crippen LogP contribution in [-0.2, 0) is 25.6 Å². The number of carbonyl (C=O) groups excluding carboxylic acids is 2. The Morgan fingerprint density at radius 1 is 1.07 bits per heavy atom. The molecule has 0 spiro atoms. The maximum absolute atomic E-state index is 13.7. The van der Waals surface area contributed by atoms with Gasteiger partial charge >= 0.3 is 5.97 Å². The third-order valence-corrected chi connectivity index (χ3v) is 6.40. The average molecular weight is 572 g/mol. The molecule has 2 aromatic carbocycles. The van der Waals surface area contributed by atoms with Crippen molar-refractivity contribution in [1.29, 1.82) is 0 Å².